The number of rotatable bonds is 3. The van der Waals surface area contributed by atoms with Crippen LogP contribution in [0.2, 0.25) is 0 Å². The molecule has 0 radical (unpaired) electrons. The van der Waals surface area contributed by atoms with Gasteiger partial charge in [-0.25, -0.2) is 0 Å². The fourth-order valence-electron chi connectivity index (χ4n) is 2.73. The molecule has 0 aliphatic carbocycles. The maximum Gasteiger partial charge on any atom is 0.142 e. The van der Waals surface area contributed by atoms with Crippen molar-refractivity contribution < 1.29 is 14.7 Å². The zero-order valence-corrected chi connectivity index (χ0v) is 17.4. The number of fused-ring (bicyclic) bond motifs is 1. The van der Waals surface area contributed by atoms with Crippen LogP contribution in [0.3, 0.4) is 0 Å². The Morgan fingerprint density at radius 2 is 1.83 bits per heavy atom. The number of oxime groups is 1. The summed E-state index contributed by atoms with van der Waals surface area (Å²) in [6.07, 6.45) is 0.689. The third-order valence-corrected chi connectivity index (χ3v) is 5.51. The number of phenols is 1. The lowest BCUT2D eigenvalue weighted by atomic mass is 9.97. The van der Waals surface area contributed by atoms with Crippen LogP contribution < -0.4 is 0 Å². The fraction of sp³-hybridized carbons (Fsp3) is 0.167. The highest BCUT2D eigenvalue weighted by Crippen LogP contribution is 2.33. The average Bonchev–Trinajstić information content (AvgIpc) is 2.91. The second-order valence-corrected chi connectivity index (χ2v) is 7.81. The molecule has 3 rings (SSSR count). The highest BCUT2D eigenvalue weighted by atomic mass is 127. The largest absolute Gasteiger partial charge is 0.506 e. The quantitative estimate of drug-likeness (QED) is 0.199. The Morgan fingerprint density at radius 3 is 2.42 bits per heavy atom. The number of benzene rings is 2. The van der Waals surface area contributed by atoms with E-state index in [1.54, 1.807) is 12.1 Å². The Balaban J connectivity index is 2.30. The van der Waals surface area contributed by atoms with Gasteiger partial charge < -0.3 is 14.7 Å². The van der Waals surface area contributed by atoms with Crippen molar-refractivity contribution in [2.45, 2.75) is 20.3 Å². The van der Waals surface area contributed by atoms with Crippen LogP contribution in [0, 0.1) is 14.1 Å². The first-order valence-electron chi connectivity index (χ1n) is 7.39. The van der Waals surface area contributed by atoms with Crippen LogP contribution in [-0.2, 0) is 6.42 Å². The molecule has 0 fully saturated rings. The Labute approximate surface area is 166 Å². The van der Waals surface area contributed by atoms with Crippen LogP contribution in [0.1, 0.15) is 29.4 Å². The van der Waals surface area contributed by atoms with E-state index < -0.39 is 0 Å². The molecule has 0 saturated carbocycles. The lowest BCUT2D eigenvalue weighted by Crippen LogP contribution is -2.06. The van der Waals surface area contributed by atoms with Crippen LogP contribution >= 0.6 is 45.2 Å². The summed E-state index contributed by atoms with van der Waals surface area (Å²) in [5.74, 6) is 1.02. The number of nitrogens with zero attached hydrogens (tertiary/aromatic N) is 1. The van der Waals surface area contributed by atoms with E-state index in [1.807, 2.05) is 32.0 Å². The molecule has 2 aromatic carbocycles. The number of halogens is 2. The van der Waals surface area contributed by atoms with E-state index in [0.29, 0.717) is 19.3 Å². The summed E-state index contributed by atoms with van der Waals surface area (Å²) in [6, 6.07) is 9.58. The normalized spacial score (nSPS) is 12.1. The molecule has 0 aliphatic heterocycles. The molecule has 0 spiro atoms. The maximum absolute atomic E-state index is 9.99. The smallest absolute Gasteiger partial charge is 0.142 e. The van der Waals surface area contributed by atoms with Crippen molar-refractivity contribution in [3.05, 3.63) is 59.9 Å². The van der Waals surface area contributed by atoms with Crippen LogP contribution in [0.15, 0.2) is 39.9 Å². The van der Waals surface area contributed by atoms with Gasteiger partial charge >= 0.3 is 0 Å². The van der Waals surface area contributed by atoms with E-state index >= 15 is 0 Å². The molecule has 1 aromatic heterocycles. The SMILES string of the molecule is CCc1oc2ccc(C)cc2c1/C(=N\O)c1cc(I)c(O)c(I)c1. The molecule has 6 heteroatoms. The molecule has 0 atom stereocenters. The van der Waals surface area contributed by atoms with Crippen molar-refractivity contribution in [2.24, 2.45) is 5.16 Å². The van der Waals surface area contributed by atoms with Crippen LogP contribution in [0.4, 0.5) is 0 Å². The van der Waals surface area contributed by atoms with Crippen molar-refractivity contribution in [3.63, 3.8) is 0 Å². The molecular formula is C18H15I2NO3. The van der Waals surface area contributed by atoms with E-state index in [1.165, 1.54) is 0 Å². The van der Waals surface area contributed by atoms with Gasteiger partial charge in [0.2, 0.25) is 0 Å². The van der Waals surface area contributed by atoms with Crippen LogP contribution in [-0.4, -0.2) is 16.0 Å². The summed E-state index contributed by atoms with van der Waals surface area (Å²) in [7, 11) is 0. The van der Waals surface area contributed by atoms with Gasteiger partial charge in [-0.1, -0.05) is 23.7 Å². The lowest BCUT2D eigenvalue weighted by molar-refractivity contribution is 0.319. The molecule has 2 N–H and O–H groups in total. The summed E-state index contributed by atoms with van der Waals surface area (Å²) in [5.41, 5.74) is 3.88. The first-order valence-corrected chi connectivity index (χ1v) is 9.54. The number of aromatic hydroxyl groups is 1. The number of hydrogen-bond acceptors (Lipinski definition) is 4. The summed E-state index contributed by atoms with van der Waals surface area (Å²) in [4.78, 5) is 0. The number of hydrogen-bond donors (Lipinski definition) is 2. The third-order valence-electron chi connectivity index (χ3n) is 3.86. The Hall–Kier alpha value is -1.29. The molecule has 0 amide bonds. The molecule has 24 heavy (non-hydrogen) atoms. The van der Waals surface area contributed by atoms with Gasteiger partial charge in [-0.3, -0.25) is 0 Å². The second kappa shape index (κ2) is 6.91. The van der Waals surface area contributed by atoms with Crippen molar-refractivity contribution >= 4 is 61.9 Å². The van der Waals surface area contributed by atoms with Crippen molar-refractivity contribution in [2.75, 3.05) is 0 Å². The summed E-state index contributed by atoms with van der Waals surface area (Å²) in [6.45, 7) is 4.03. The van der Waals surface area contributed by atoms with Crippen molar-refractivity contribution in [1.29, 1.82) is 0 Å². The molecule has 0 bridgehead atoms. The molecule has 4 nitrogen and oxygen atoms in total. The maximum atomic E-state index is 9.99. The predicted molar refractivity (Wildman–Crippen MR) is 111 cm³/mol. The highest BCUT2D eigenvalue weighted by Gasteiger charge is 2.21. The number of aryl methyl sites for hydroxylation is 2. The molecule has 0 unspecified atom stereocenters. The van der Waals surface area contributed by atoms with Crippen LogP contribution in [0.25, 0.3) is 11.0 Å². The van der Waals surface area contributed by atoms with Crippen molar-refractivity contribution in [1.82, 2.24) is 0 Å². The first-order chi connectivity index (χ1) is 11.5. The van der Waals surface area contributed by atoms with Crippen LogP contribution in [0.5, 0.6) is 5.75 Å². The summed E-state index contributed by atoms with van der Waals surface area (Å²) in [5, 5.41) is 24.2. The van der Waals surface area contributed by atoms with E-state index in [0.717, 1.165) is 33.4 Å². The van der Waals surface area contributed by atoms with E-state index in [4.69, 9.17) is 4.42 Å². The van der Waals surface area contributed by atoms with Gasteiger partial charge in [0.25, 0.3) is 0 Å². The molecule has 3 aromatic rings. The van der Waals surface area contributed by atoms with Gasteiger partial charge in [0.05, 0.1) is 12.7 Å². The zero-order chi connectivity index (χ0) is 17.4. The summed E-state index contributed by atoms with van der Waals surface area (Å²) >= 11 is 4.14. The monoisotopic (exact) mass is 547 g/mol. The van der Waals surface area contributed by atoms with Gasteiger partial charge in [-0.05, 0) is 76.4 Å². The lowest BCUT2D eigenvalue weighted by Gasteiger charge is -2.09. The topological polar surface area (TPSA) is 66.0 Å². The highest BCUT2D eigenvalue weighted by molar-refractivity contribution is 14.1. The third kappa shape index (κ3) is 3.01. The predicted octanol–water partition coefficient (Wildman–Crippen LogP) is 5.45. The molecule has 0 saturated heterocycles. The Morgan fingerprint density at radius 1 is 1.17 bits per heavy atom. The standard InChI is InChI=1S/C18H15I2NO3/c1-3-14-16(11-6-9(2)4-5-15(11)24-14)17(21-23)10-7-12(19)18(22)13(20)8-10/h4-8,22-23H,3H2,1-2H3/b21-17-. The van der Waals surface area contributed by atoms with E-state index in [9.17, 15) is 10.3 Å². The van der Waals surface area contributed by atoms with E-state index in [2.05, 4.69) is 50.3 Å². The second-order valence-electron chi connectivity index (χ2n) is 5.49. The first kappa shape index (κ1) is 17.5. The zero-order valence-electron chi connectivity index (χ0n) is 13.1. The van der Waals surface area contributed by atoms with Crippen molar-refractivity contribution in [3.8, 4) is 5.75 Å². The minimum Gasteiger partial charge on any atom is -0.506 e. The molecule has 124 valence electrons. The van der Waals surface area contributed by atoms with E-state index in [-0.39, 0.29) is 5.75 Å². The average molecular weight is 547 g/mol. The number of phenolic OH excluding ortho intramolecular Hbond substituents is 1. The molecular weight excluding hydrogens is 532 g/mol. The van der Waals surface area contributed by atoms with Gasteiger partial charge in [-0.15, -0.1) is 0 Å². The minimum atomic E-state index is 0.237. The Kier molecular flexibility index (Phi) is 5.05. The fourth-order valence-corrected chi connectivity index (χ4v) is 4.49. The minimum absolute atomic E-state index is 0.237. The number of furan rings is 1. The molecule has 1 heterocycles. The molecule has 0 aliphatic rings. The van der Waals surface area contributed by atoms with Gasteiger partial charge in [0.15, 0.2) is 0 Å². The van der Waals surface area contributed by atoms with Gasteiger partial charge in [0, 0.05) is 17.4 Å². The Bertz CT molecular complexity index is 937. The summed E-state index contributed by atoms with van der Waals surface area (Å²) < 4.78 is 7.36. The van der Waals surface area contributed by atoms with Gasteiger partial charge in [-0.2, -0.15) is 0 Å². The van der Waals surface area contributed by atoms with Gasteiger partial charge in [0.1, 0.15) is 22.8 Å².